The molecule has 1 atom stereocenters. The number of nitrogens with two attached hydrogens (primary N) is 1. The van der Waals surface area contributed by atoms with Gasteiger partial charge in [0.25, 0.3) is 0 Å². The number of fused-ring (bicyclic) bond motifs is 1. The summed E-state index contributed by atoms with van der Waals surface area (Å²) in [7, 11) is 1.29. The first-order chi connectivity index (χ1) is 9.63. The van der Waals surface area contributed by atoms with Crippen LogP contribution in [0.25, 0.3) is 10.8 Å². The van der Waals surface area contributed by atoms with Crippen molar-refractivity contribution in [1.82, 2.24) is 0 Å². The molecule has 1 unspecified atom stereocenters. The fraction of sp³-hybridized carbons (Fsp3) is 0.267. The van der Waals surface area contributed by atoms with Crippen molar-refractivity contribution in [2.24, 2.45) is 5.73 Å². The molecule has 20 heavy (non-hydrogen) atoms. The minimum atomic E-state index is -0.457. The summed E-state index contributed by atoms with van der Waals surface area (Å²) in [5.74, 6) is -0.742. The second kappa shape index (κ2) is 6.45. The lowest BCUT2D eigenvalue weighted by Crippen LogP contribution is -2.20. The summed E-state index contributed by atoms with van der Waals surface area (Å²) in [5.41, 5.74) is 6.82. The molecule has 2 N–H and O–H groups in total. The Morgan fingerprint density at radius 2 is 1.95 bits per heavy atom. The maximum absolute atomic E-state index is 13.7. The molecule has 0 saturated carbocycles. The first-order valence-corrected chi connectivity index (χ1v) is 6.20. The molecule has 0 saturated heterocycles. The van der Waals surface area contributed by atoms with Gasteiger partial charge in [-0.1, -0.05) is 30.3 Å². The van der Waals surface area contributed by atoms with Gasteiger partial charge in [0.2, 0.25) is 0 Å². The van der Waals surface area contributed by atoms with E-state index in [9.17, 15) is 9.18 Å². The third-order valence-corrected chi connectivity index (χ3v) is 3.05. The first kappa shape index (κ1) is 14.4. The van der Waals surface area contributed by atoms with Crippen molar-refractivity contribution < 1.29 is 18.7 Å². The van der Waals surface area contributed by atoms with Crippen molar-refractivity contribution in [1.29, 1.82) is 0 Å². The Labute approximate surface area is 116 Å². The number of hydrogen-bond donors (Lipinski definition) is 1. The topological polar surface area (TPSA) is 61.5 Å². The zero-order valence-electron chi connectivity index (χ0n) is 11.1. The van der Waals surface area contributed by atoms with Crippen LogP contribution in [0, 0.1) is 5.82 Å². The highest BCUT2D eigenvalue weighted by molar-refractivity contribution is 5.86. The highest BCUT2D eigenvalue weighted by atomic mass is 19.1. The van der Waals surface area contributed by atoms with E-state index in [0.29, 0.717) is 5.39 Å². The number of methoxy groups -OCH3 is 1. The van der Waals surface area contributed by atoms with Gasteiger partial charge in [0.1, 0.15) is 12.4 Å². The largest absolute Gasteiger partial charge is 0.467 e. The highest BCUT2D eigenvalue weighted by Crippen LogP contribution is 2.25. The lowest BCUT2D eigenvalue weighted by Gasteiger charge is -2.15. The van der Waals surface area contributed by atoms with Crippen LogP contribution in [0.1, 0.15) is 11.6 Å². The van der Waals surface area contributed by atoms with Gasteiger partial charge < -0.3 is 15.2 Å². The monoisotopic (exact) mass is 277 g/mol. The van der Waals surface area contributed by atoms with Crippen molar-refractivity contribution in [2.75, 3.05) is 20.3 Å². The molecule has 106 valence electrons. The smallest absolute Gasteiger partial charge is 0.331 e. The molecule has 0 aliphatic heterocycles. The molecule has 0 fully saturated rings. The van der Waals surface area contributed by atoms with Gasteiger partial charge in [0.05, 0.1) is 19.8 Å². The second-order valence-corrected chi connectivity index (χ2v) is 4.38. The Bertz CT molecular complexity index is 615. The summed E-state index contributed by atoms with van der Waals surface area (Å²) >= 11 is 0. The van der Waals surface area contributed by atoms with Crippen molar-refractivity contribution >= 4 is 16.7 Å². The Balaban J connectivity index is 2.16. The maximum Gasteiger partial charge on any atom is 0.331 e. The molecule has 0 amide bonds. The second-order valence-electron chi connectivity index (χ2n) is 4.38. The van der Waals surface area contributed by atoms with Crippen LogP contribution >= 0.6 is 0 Å². The van der Waals surface area contributed by atoms with Crippen molar-refractivity contribution in [3.8, 4) is 0 Å². The molecule has 2 aromatic carbocycles. The average molecular weight is 277 g/mol. The van der Waals surface area contributed by atoms with E-state index in [1.54, 1.807) is 18.2 Å². The van der Waals surface area contributed by atoms with E-state index in [0.717, 1.165) is 10.9 Å². The number of ether oxygens (including phenoxy) is 2. The van der Waals surface area contributed by atoms with Gasteiger partial charge in [-0.05, 0) is 17.0 Å². The molecule has 4 nitrogen and oxygen atoms in total. The minimum Gasteiger partial charge on any atom is -0.467 e. The number of rotatable bonds is 5. The fourth-order valence-electron chi connectivity index (χ4n) is 2.03. The van der Waals surface area contributed by atoms with E-state index in [2.05, 4.69) is 4.74 Å². The summed E-state index contributed by atoms with van der Waals surface area (Å²) in [5, 5.41) is 1.27. The molecule has 0 aliphatic carbocycles. The van der Waals surface area contributed by atoms with Gasteiger partial charge in [-0.2, -0.15) is 0 Å². The lowest BCUT2D eigenvalue weighted by molar-refractivity contribution is -0.146. The molecule has 2 aromatic rings. The van der Waals surface area contributed by atoms with E-state index >= 15 is 0 Å². The fourth-order valence-corrected chi connectivity index (χ4v) is 2.03. The Morgan fingerprint density at radius 1 is 1.25 bits per heavy atom. The van der Waals surface area contributed by atoms with Crippen LogP contribution in [0.5, 0.6) is 0 Å². The van der Waals surface area contributed by atoms with Crippen LogP contribution in [0.3, 0.4) is 0 Å². The van der Waals surface area contributed by atoms with Gasteiger partial charge in [0.15, 0.2) is 0 Å². The van der Waals surface area contributed by atoms with Gasteiger partial charge >= 0.3 is 5.97 Å². The number of halogens is 1. The van der Waals surface area contributed by atoms with Crippen LogP contribution in [-0.2, 0) is 14.3 Å². The quantitative estimate of drug-likeness (QED) is 0.851. The summed E-state index contributed by atoms with van der Waals surface area (Å²) in [4.78, 5) is 10.9. The minimum absolute atomic E-state index is 0.149. The number of hydrogen-bond acceptors (Lipinski definition) is 4. The van der Waals surface area contributed by atoms with Gasteiger partial charge in [-0.25, -0.2) is 9.18 Å². The van der Waals surface area contributed by atoms with Gasteiger partial charge in [0, 0.05) is 5.39 Å². The SMILES string of the molecule is COC(=O)COCC(N)c1ccc(F)c2ccccc12. The molecule has 0 spiro atoms. The molecule has 0 radical (unpaired) electrons. The van der Waals surface area contributed by atoms with Gasteiger partial charge in [-0.15, -0.1) is 0 Å². The third-order valence-electron chi connectivity index (χ3n) is 3.05. The third kappa shape index (κ3) is 3.12. The molecular formula is C15H16FNO3. The standard InChI is InChI=1S/C15H16FNO3/c1-19-15(18)9-20-8-14(17)12-6-7-13(16)11-5-3-2-4-10(11)12/h2-7,14H,8-9,17H2,1H3. The van der Waals surface area contributed by atoms with Crippen LogP contribution < -0.4 is 5.73 Å². The van der Waals surface area contributed by atoms with E-state index in [1.165, 1.54) is 13.2 Å². The molecule has 0 heterocycles. The molecule has 2 rings (SSSR count). The van der Waals surface area contributed by atoms with Crippen LogP contribution in [0.4, 0.5) is 4.39 Å². The van der Waals surface area contributed by atoms with Crippen LogP contribution in [0.2, 0.25) is 0 Å². The molecule has 5 heteroatoms. The normalized spacial score (nSPS) is 12.3. The number of carbonyl (C=O) groups excluding carboxylic acids is 1. The lowest BCUT2D eigenvalue weighted by atomic mass is 9.99. The summed E-state index contributed by atoms with van der Waals surface area (Å²) in [6, 6.07) is 9.71. The predicted octanol–water partition coefficient (Wildman–Crippen LogP) is 2.17. The first-order valence-electron chi connectivity index (χ1n) is 6.20. The zero-order chi connectivity index (χ0) is 14.5. The Hall–Kier alpha value is -1.98. The summed E-state index contributed by atoms with van der Waals surface area (Å²) < 4.78 is 23.4. The molecule has 0 aliphatic rings. The molecular weight excluding hydrogens is 261 g/mol. The zero-order valence-corrected chi connectivity index (χ0v) is 11.1. The summed E-state index contributed by atoms with van der Waals surface area (Å²) in [6.45, 7) is 0.00799. The Morgan fingerprint density at radius 3 is 2.65 bits per heavy atom. The molecule has 0 aromatic heterocycles. The predicted molar refractivity (Wildman–Crippen MR) is 73.7 cm³/mol. The van der Waals surface area contributed by atoms with Gasteiger partial charge in [-0.3, -0.25) is 0 Å². The number of benzene rings is 2. The number of carbonyl (C=O) groups is 1. The average Bonchev–Trinajstić information content (AvgIpc) is 2.47. The highest BCUT2D eigenvalue weighted by Gasteiger charge is 2.13. The van der Waals surface area contributed by atoms with E-state index in [1.807, 2.05) is 12.1 Å². The maximum atomic E-state index is 13.7. The van der Waals surface area contributed by atoms with Crippen LogP contribution in [-0.4, -0.2) is 26.3 Å². The Kier molecular flexibility index (Phi) is 4.65. The van der Waals surface area contributed by atoms with E-state index in [-0.39, 0.29) is 19.0 Å². The van der Waals surface area contributed by atoms with Crippen molar-refractivity contribution in [3.05, 3.63) is 47.8 Å². The summed E-state index contributed by atoms with van der Waals surface area (Å²) in [6.07, 6.45) is 0. The number of esters is 1. The van der Waals surface area contributed by atoms with Crippen molar-refractivity contribution in [3.63, 3.8) is 0 Å². The van der Waals surface area contributed by atoms with Crippen molar-refractivity contribution in [2.45, 2.75) is 6.04 Å². The van der Waals surface area contributed by atoms with E-state index in [4.69, 9.17) is 10.5 Å². The van der Waals surface area contributed by atoms with E-state index < -0.39 is 12.0 Å². The molecule has 0 bridgehead atoms. The van der Waals surface area contributed by atoms with Crippen LogP contribution in [0.15, 0.2) is 36.4 Å².